The number of nitrogens with zero attached hydrogens (tertiary/aromatic N) is 5. The van der Waals surface area contributed by atoms with E-state index >= 15 is 0 Å². The fourth-order valence-corrected chi connectivity index (χ4v) is 3.06. The summed E-state index contributed by atoms with van der Waals surface area (Å²) in [6.07, 6.45) is 5.57. The van der Waals surface area contributed by atoms with E-state index in [1.165, 1.54) is 5.56 Å². The van der Waals surface area contributed by atoms with Gasteiger partial charge in [-0.15, -0.1) is 10.2 Å². The summed E-state index contributed by atoms with van der Waals surface area (Å²) in [6.45, 7) is 6.35. The van der Waals surface area contributed by atoms with Crippen LogP contribution in [0.15, 0.2) is 24.5 Å². The lowest BCUT2D eigenvalue weighted by atomic mass is 9.94. The van der Waals surface area contributed by atoms with Crippen molar-refractivity contribution in [2.24, 2.45) is 5.92 Å². The number of likely N-dealkylation sites (tertiary alicyclic amines) is 1. The van der Waals surface area contributed by atoms with Crippen molar-refractivity contribution in [1.82, 2.24) is 35.8 Å². The number of amides is 1. The van der Waals surface area contributed by atoms with Crippen LogP contribution in [-0.2, 0) is 16.9 Å². The molecular formula is C16H23N7O. The fourth-order valence-electron chi connectivity index (χ4n) is 3.06. The number of pyridine rings is 1. The number of rotatable bonds is 5. The molecule has 8 heteroatoms. The number of carbonyl (C=O) groups is 1. The fraction of sp³-hybridized carbons (Fsp3) is 0.562. The second kappa shape index (κ2) is 7.04. The highest BCUT2D eigenvalue weighted by Crippen LogP contribution is 2.21. The van der Waals surface area contributed by atoms with E-state index in [9.17, 15) is 4.79 Å². The number of aromatic amines is 1. The molecule has 1 saturated heterocycles. The Kier molecular flexibility index (Phi) is 4.84. The number of H-pyrrole nitrogens is 1. The summed E-state index contributed by atoms with van der Waals surface area (Å²) in [5, 5.41) is 17.0. The summed E-state index contributed by atoms with van der Waals surface area (Å²) in [6, 6.07) is 4.01. The highest BCUT2D eigenvalue weighted by Gasteiger charge is 2.32. The van der Waals surface area contributed by atoms with E-state index in [1.807, 2.05) is 26.1 Å². The molecule has 1 aliphatic rings. The topological polar surface area (TPSA) is 99.7 Å². The SMILES string of the molecule is CC(C)(NC(=O)C1CCCN(Cc2cccnc2)C1)c1nn[nH]n1. The quantitative estimate of drug-likeness (QED) is 0.844. The van der Waals surface area contributed by atoms with Crippen LogP contribution in [0.2, 0.25) is 0 Å². The van der Waals surface area contributed by atoms with Gasteiger partial charge in [0.05, 0.1) is 11.5 Å². The largest absolute Gasteiger partial charge is 0.343 e. The van der Waals surface area contributed by atoms with E-state index in [0.29, 0.717) is 5.82 Å². The van der Waals surface area contributed by atoms with Crippen molar-refractivity contribution in [3.63, 3.8) is 0 Å². The van der Waals surface area contributed by atoms with E-state index in [0.717, 1.165) is 32.5 Å². The van der Waals surface area contributed by atoms with Crippen LogP contribution >= 0.6 is 0 Å². The predicted octanol–water partition coefficient (Wildman–Crippen LogP) is 0.858. The van der Waals surface area contributed by atoms with Crippen LogP contribution < -0.4 is 5.32 Å². The maximum Gasteiger partial charge on any atom is 0.225 e. The third-order valence-corrected chi connectivity index (χ3v) is 4.35. The van der Waals surface area contributed by atoms with Crippen molar-refractivity contribution in [2.75, 3.05) is 13.1 Å². The molecule has 0 radical (unpaired) electrons. The van der Waals surface area contributed by atoms with Crippen LogP contribution in [0.3, 0.4) is 0 Å². The Labute approximate surface area is 141 Å². The van der Waals surface area contributed by atoms with E-state index in [4.69, 9.17) is 0 Å². The van der Waals surface area contributed by atoms with Gasteiger partial charge in [0, 0.05) is 25.5 Å². The first-order valence-electron chi connectivity index (χ1n) is 8.22. The Hall–Kier alpha value is -2.35. The summed E-state index contributed by atoms with van der Waals surface area (Å²) in [5.41, 5.74) is 0.529. The molecule has 0 spiro atoms. The average molecular weight is 329 g/mol. The van der Waals surface area contributed by atoms with Crippen LogP contribution in [-0.4, -0.2) is 49.5 Å². The Morgan fingerprint density at radius 1 is 1.50 bits per heavy atom. The zero-order valence-corrected chi connectivity index (χ0v) is 14.1. The molecule has 24 heavy (non-hydrogen) atoms. The van der Waals surface area contributed by atoms with Crippen LogP contribution in [0.25, 0.3) is 0 Å². The van der Waals surface area contributed by atoms with Gasteiger partial charge in [0.25, 0.3) is 0 Å². The van der Waals surface area contributed by atoms with Crippen molar-refractivity contribution in [2.45, 2.75) is 38.8 Å². The highest BCUT2D eigenvalue weighted by atomic mass is 16.2. The minimum Gasteiger partial charge on any atom is -0.343 e. The molecule has 3 heterocycles. The van der Waals surface area contributed by atoms with Crippen molar-refractivity contribution >= 4 is 5.91 Å². The van der Waals surface area contributed by atoms with Crippen LogP contribution in [0, 0.1) is 5.92 Å². The average Bonchev–Trinajstić information content (AvgIpc) is 3.11. The highest BCUT2D eigenvalue weighted by molar-refractivity contribution is 5.79. The number of piperidine rings is 1. The molecule has 1 amide bonds. The monoisotopic (exact) mass is 329 g/mol. The predicted molar refractivity (Wildman–Crippen MR) is 87.6 cm³/mol. The lowest BCUT2D eigenvalue weighted by molar-refractivity contribution is -0.128. The molecule has 1 fully saturated rings. The third kappa shape index (κ3) is 3.94. The molecule has 2 aromatic rings. The van der Waals surface area contributed by atoms with Crippen LogP contribution in [0.5, 0.6) is 0 Å². The van der Waals surface area contributed by atoms with Gasteiger partial charge in [0.15, 0.2) is 5.82 Å². The molecular weight excluding hydrogens is 306 g/mol. The maximum atomic E-state index is 12.7. The van der Waals surface area contributed by atoms with Crippen molar-refractivity contribution in [3.8, 4) is 0 Å². The van der Waals surface area contributed by atoms with Gasteiger partial charge in [0.2, 0.25) is 5.91 Å². The zero-order chi connectivity index (χ0) is 17.0. The van der Waals surface area contributed by atoms with Gasteiger partial charge < -0.3 is 5.32 Å². The second-order valence-electron chi connectivity index (χ2n) is 6.79. The number of nitrogens with one attached hydrogen (secondary N) is 2. The van der Waals surface area contributed by atoms with Crippen LogP contribution in [0.1, 0.15) is 38.1 Å². The van der Waals surface area contributed by atoms with E-state index in [1.54, 1.807) is 6.20 Å². The first-order chi connectivity index (χ1) is 11.5. The molecule has 0 bridgehead atoms. The molecule has 2 aromatic heterocycles. The Balaban J connectivity index is 1.59. The summed E-state index contributed by atoms with van der Waals surface area (Å²) < 4.78 is 0. The molecule has 1 atom stereocenters. The van der Waals surface area contributed by atoms with Gasteiger partial charge in [-0.1, -0.05) is 11.3 Å². The molecule has 3 rings (SSSR count). The molecule has 1 aliphatic heterocycles. The van der Waals surface area contributed by atoms with E-state index in [2.05, 4.69) is 41.9 Å². The smallest absolute Gasteiger partial charge is 0.225 e. The molecule has 0 saturated carbocycles. The van der Waals surface area contributed by atoms with Gasteiger partial charge in [-0.25, -0.2) is 0 Å². The summed E-state index contributed by atoms with van der Waals surface area (Å²) >= 11 is 0. The number of carbonyl (C=O) groups excluding carboxylic acids is 1. The normalized spacial score (nSPS) is 19.2. The van der Waals surface area contributed by atoms with Gasteiger partial charge in [0.1, 0.15) is 0 Å². The van der Waals surface area contributed by atoms with Gasteiger partial charge in [-0.05, 0) is 44.9 Å². The van der Waals surface area contributed by atoms with Crippen molar-refractivity contribution in [3.05, 3.63) is 35.9 Å². The van der Waals surface area contributed by atoms with Crippen molar-refractivity contribution < 1.29 is 4.79 Å². The summed E-state index contributed by atoms with van der Waals surface area (Å²) in [4.78, 5) is 19.1. The van der Waals surface area contributed by atoms with E-state index < -0.39 is 5.54 Å². The summed E-state index contributed by atoms with van der Waals surface area (Å²) in [5.74, 6) is 0.501. The molecule has 8 nitrogen and oxygen atoms in total. The number of tetrazole rings is 1. The molecule has 2 N–H and O–H groups in total. The Morgan fingerprint density at radius 2 is 2.38 bits per heavy atom. The Bertz CT molecular complexity index is 656. The van der Waals surface area contributed by atoms with Gasteiger partial charge in [-0.3, -0.25) is 14.7 Å². The number of aromatic nitrogens is 5. The molecule has 0 aliphatic carbocycles. The van der Waals surface area contributed by atoms with Crippen LogP contribution in [0.4, 0.5) is 0 Å². The first kappa shape index (κ1) is 16.5. The lowest BCUT2D eigenvalue weighted by Gasteiger charge is -2.33. The second-order valence-corrected chi connectivity index (χ2v) is 6.79. The lowest BCUT2D eigenvalue weighted by Crippen LogP contribution is -2.49. The number of hydrogen-bond acceptors (Lipinski definition) is 6. The Morgan fingerprint density at radius 3 is 3.08 bits per heavy atom. The molecule has 128 valence electrons. The first-order valence-corrected chi connectivity index (χ1v) is 8.22. The molecule has 1 unspecified atom stereocenters. The maximum absolute atomic E-state index is 12.7. The van der Waals surface area contributed by atoms with Gasteiger partial charge in [-0.2, -0.15) is 5.21 Å². The standard InChI is InChI=1S/C16H23N7O/c1-16(2,15-19-21-22-20-15)18-14(24)13-6-4-8-23(11-13)10-12-5-3-7-17-9-12/h3,5,7,9,13H,4,6,8,10-11H2,1-2H3,(H,18,24)(H,19,20,21,22). The zero-order valence-electron chi connectivity index (χ0n) is 14.1. The molecule has 0 aromatic carbocycles. The van der Waals surface area contributed by atoms with Crippen molar-refractivity contribution in [1.29, 1.82) is 0 Å². The van der Waals surface area contributed by atoms with Gasteiger partial charge >= 0.3 is 0 Å². The summed E-state index contributed by atoms with van der Waals surface area (Å²) in [7, 11) is 0. The number of hydrogen-bond donors (Lipinski definition) is 2. The minimum atomic E-state index is -0.643. The van der Waals surface area contributed by atoms with E-state index in [-0.39, 0.29) is 11.8 Å². The minimum absolute atomic E-state index is 0.0263. The third-order valence-electron chi connectivity index (χ3n) is 4.35.